The Morgan fingerprint density at radius 3 is 2.79 bits per heavy atom. The summed E-state index contributed by atoms with van der Waals surface area (Å²) >= 11 is 0. The van der Waals surface area contributed by atoms with E-state index in [9.17, 15) is 14.0 Å². The van der Waals surface area contributed by atoms with Crippen LogP contribution in [0, 0.1) is 5.82 Å². The molecule has 4 nitrogen and oxygen atoms in total. The van der Waals surface area contributed by atoms with Crippen molar-refractivity contribution in [2.75, 3.05) is 0 Å². The topological polar surface area (TPSA) is 52.2 Å². The second kappa shape index (κ2) is 2.80. The summed E-state index contributed by atoms with van der Waals surface area (Å²) in [6.07, 6.45) is 0. The molecule has 14 heavy (non-hydrogen) atoms. The fourth-order valence-corrected chi connectivity index (χ4v) is 1.27. The van der Waals surface area contributed by atoms with E-state index >= 15 is 0 Å². The minimum absolute atomic E-state index is 0.0621. The lowest BCUT2D eigenvalue weighted by Crippen LogP contribution is -2.22. The van der Waals surface area contributed by atoms with Crippen molar-refractivity contribution in [1.29, 1.82) is 0 Å². The average molecular weight is 195 g/mol. The average Bonchev–Trinajstić information content (AvgIpc) is 2.14. The van der Waals surface area contributed by atoms with Crippen LogP contribution in [0.15, 0.2) is 32.2 Å². The predicted molar refractivity (Wildman–Crippen MR) is 47.7 cm³/mol. The summed E-state index contributed by atoms with van der Waals surface area (Å²) < 4.78 is 18.3. The van der Waals surface area contributed by atoms with E-state index in [0.717, 1.165) is 10.6 Å². The quantitative estimate of drug-likeness (QED) is 0.619. The predicted octanol–water partition coefficient (Wildman–Crippen LogP) is 0.631. The summed E-state index contributed by atoms with van der Waals surface area (Å²) in [5.41, 5.74) is -0.463. The second-order valence-corrected chi connectivity index (χ2v) is 2.88. The maximum atomic E-state index is 12.8. The van der Waals surface area contributed by atoms with E-state index in [-0.39, 0.29) is 5.39 Å². The molecule has 0 saturated carbocycles. The van der Waals surface area contributed by atoms with Crippen molar-refractivity contribution in [3.8, 4) is 0 Å². The van der Waals surface area contributed by atoms with Crippen molar-refractivity contribution in [1.82, 2.24) is 4.57 Å². The molecular weight excluding hydrogens is 189 g/mol. The van der Waals surface area contributed by atoms with Gasteiger partial charge in [0, 0.05) is 7.05 Å². The van der Waals surface area contributed by atoms with Gasteiger partial charge in [0.15, 0.2) is 0 Å². The van der Waals surface area contributed by atoms with E-state index in [1.165, 1.54) is 19.2 Å². The van der Waals surface area contributed by atoms with E-state index in [1.807, 2.05) is 0 Å². The Labute approximate surface area is 77.2 Å². The zero-order valence-corrected chi connectivity index (χ0v) is 7.28. The summed E-state index contributed by atoms with van der Waals surface area (Å²) in [6.45, 7) is 0. The van der Waals surface area contributed by atoms with Gasteiger partial charge in [0.05, 0.1) is 10.9 Å². The van der Waals surface area contributed by atoms with Crippen molar-refractivity contribution in [3.05, 3.63) is 45.0 Å². The highest BCUT2D eigenvalue weighted by atomic mass is 19.1. The van der Waals surface area contributed by atoms with Crippen LogP contribution in [0.3, 0.4) is 0 Å². The highest BCUT2D eigenvalue weighted by Crippen LogP contribution is 2.08. The van der Waals surface area contributed by atoms with Gasteiger partial charge in [-0.05, 0) is 18.2 Å². The normalized spacial score (nSPS) is 10.7. The van der Waals surface area contributed by atoms with E-state index in [2.05, 4.69) is 4.42 Å². The van der Waals surface area contributed by atoms with Gasteiger partial charge < -0.3 is 4.42 Å². The number of hydrogen-bond acceptors (Lipinski definition) is 3. The van der Waals surface area contributed by atoms with Gasteiger partial charge in [0.25, 0.3) is 0 Å². The summed E-state index contributed by atoms with van der Waals surface area (Å²) in [4.78, 5) is 22.2. The van der Waals surface area contributed by atoms with Crippen molar-refractivity contribution in [2.45, 2.75) is 0 Å². The third-order valence-electron chi connectivity index (χ3n) is 1.99. The minimum atomic E-state index is -0.817. The van der Waals surface area contributed by atoms with Crippen molar-refractivity contribution in [2.24, 2.45) is 7.05 Å². The van der Waals surface area contributed by atoms with Crippen LogP contribution in [-0.4, -0.2) is 4.57 Å². The number of fused-ring (bicyclic) bond motifs is 1. The van der Waals surface area contributed by atoms with Crippen LogP contribution in [0.4, 0.5) is 4.39 Å². The summed E-state index contributed by atoms with van der Waals surface area (Å²) in [5.74, 6) is -1.29. The molecule has 0 spiro atoms. The molecule has 0 aliphatic carbocycles. The molecule has 0 fully saturated rings. The van der Waals surface area contributed by atoms with Crippen LogP contribution < -0.4 is 11.4 Å². The third-order valence-corrected chi connectivity index (χ3v) is 1.99. The molecule has 0 aliphatic rings. The molecule has 0 amide bonds. The van der Waals surface area contributed by atoms with Crippen LogP contribution >= 0.6 is 0 Å². The monoisotopic (exact) mass is 195 g/mol. The first-order valence-corrected chi connectivity index (χ1v) is 3.89. The molecule has 0 N–H and O–H groups in total. The zero-order chi connectivity index (χ0) is 10.3. The molecule has 1 aromatic heterocycles. The zero-order valence-electron chi connectivity index (χ0n) is 7.28. The number of aryl methyl sites for hydroxylation is 1. The number of benzene rings is 1. The SMILES string of the molecule is Cn1c(=O)oc(=O)c2cc(F)ccc21. The Balaban J connectivity index is 3.10. The second-order valence-electron chi connectivity index (χ2n) is 2.88. The molecule has 0 radical (unpaired) electrons. The summed E-state index contributed by atoms with van der Waals surface area (Å²) in [7, 11) is 1.45. The molecule has 2 rings (SSSR count). The Kier molecular flexibility index (Phi) is 1.73. The maximum absolute atomic E-state index is 12.8. The number of hydrogen-bond donors (Lipinski definition) is 0. The molecule has 0 aliphatic heterocycles. The summed E-state index contributed by atoms with van der Waals surface area (Å²) in [6, 6.07) is 3.59. The van der Waals surface area contributed by atoms with Gasteiger partial charge in [-0.1, -0.05) is 0 Å². The molecule has 0 unspecified atom stereocenters. The molecule has 0 atom stereocenters. The van der Waals surface area contributed by atoms with Crippen LogP contribution in [0.5, 0.6) is 0 Å². The Morgan fingerprint density at radius 2 is 2.07 bits per heavy atom. The Hall–Kier alpha value is -1.91. The standard InChI is InChI=1S/C9H6FNO3/c1-11-7-3-2-5(10)4-6(7)8(12)14-9(11)13/h2-4H,1H3. The fraction of sp³-hybridized carbons (Fsp3) is 0.111. The highest BCUT2D eigenvalue weighted by Gasteiger charge is 2.06. The van der Waals surface area contributed by atoms with Crippen LogP contribution in [-0.2, 0) is 7.05 Å². The van der Waals surface area contributed by atoms with Gasteiger partial charge in [-0.3, -0.25) is 4.57 Å². The molecular formula is C9H6FNO3. The van der Waals surface area contributed by atoms with Gasteiger partial charge in [-0.15, -0.1) is 0 Å². The molecule has 1 heterocycles. The van der Waals surface area contributed by atoms with Crippen molar-refractivity contribution >= 4 is 10.9 Å². The first-order chi connectivity index (χ1) is 6.59. The lowest BCUT2D eigenvalue weighted by Gasteiger charge is -2.00. The third kappa shape index (κ3) is 1.14. The molecule has 2 aromatic rings. The Bertz CT molecular complexity index is 611. The van der Waals surface area contributed by atoms with Crippen LogP contribution in [0.25, 0.3) is 10.9 Å². The molecule has 1 aromatic carbocycles. The smallest absolute Gasteiger partial charge is 0.372 e. The molecule has 0 bridgehead atoms. The lowest BCUT2D eigenvalue weighted by molar-refractivity contribution is 0.432. The van der Waals surface area contributed by atoms with Crippen molar-refractivity contribution in [3.63, 3.8) is 0 Å². The minimum Gasteiger partial charge on any atom is -0.372 e. The van der Waals surface area contributed by atoms with Gasteiger partial charge in [0.1, 0.15) is 5.82 Å². The maximum Gasteiger partial charge on any atom is 0.422 e. The molecule has 0 saturated heterocycles. The fourth-order valence-electron chi connectivity index (χ4n) is 1.27. The van der Waals surface area contributed by atoms with E-state index in [0.29, 0.717) is 5.52 Å². The Morgan fingerprint density at radius 1 is 1.36 bits per heavy atom. The van der Waals surface area contributed by atoms with E-state index < -0.39 is 17.2 Å². The number of halogens is 1. The highest BCUT2D eigenvalue weighted by molar-refractivity contribution is 5.77. The van der Waals surface area contributed by atoms with Crippen LogP contribution in [0.2, 0.25) is 0 Å². The number of nitrogens with zero attached hydrogens (tertiary/aromatic N) is 1. The van der Waals surface area contributed by atoms with Crippen LogP contribution in [0.1, 0.15) is 0 Å². The van der Waals surface area contributed by atoms with E-state index in [4.69, 9.17) is 0 Å². The van der Waals surface area contributed by atoms with Crippen molar-refractivity contribution < 1.29 is 8.81 Å². The molecule has 5 heteroatoms. The summed E-state index contributed by atoms with van der Waals surface area (Å²) in [5, 5.41) is 0.0621. The molecule has 72 valence electrons. The first-order valence-electron chi connectivity index (χ1n) is 3.89. The number of rotatable bonds is 0. The van der Waals surface area contributed by atoms with Gasteiger partial charge in [-0.25, -0.2) is 14.0 Å². The number of aromatic nitrogens is 1. The van der Waals surface area contributed by atoms with Gasteiger partial charge in [0.2, 0.25) is 0 Å². The lowest BCUT2D eigenvalue weighted by atomic mass is 10.2. The first kappa shape index (κ1) is 8.68. The van der Waals surface area contributed by atoms with Gasteiger partial charge in [-0.2, -0.15) is 0 Å². The van der Waals surface area contributed by atoms with E-state index in [1.54, 1.807) is 0 Å². The van der Waals surface area contributed by atoms with Gasteiger partial charge >= 0.3 is 11.4 Å². The largest absolute Gasteiger partial charge is 0.422 e.